The Labute approximate surface area is 184 Å². The van der Waals surface area contributed by atoms with Crippen molar-refractivity contribution in [1.29, 1.82) is 0 Å². The Morgan fingerprint density at radius 3 is 1.91 bits per heavy atom. The molecule has 1 fully saturated rings. The van der Waals surface area contributed by atoms with E-state index in [1.165, 1.54) is 6.92 Å². The molecular formula is C21H25NO10. The average Bonchev–Trinajstić information content (AvgIpc) is 2.70. The van der Waals surface area contributed by atoms with Crippen molar-refractivity contribution in [2.24, 2.45) is 0 Å². The summed E-state index contributed by atoms with van der Waals surface area (Å²) < 4.78 is 26.5. The standard InChI is InChI=1S/C21H25NO10/c1-11(23)28-10-16-18(29-12(2)24)19(30-13(3)25)17(21(32-16)31-14(4)26)22-20(27)15-8-6-5-7-9-15/h5-9,16-19,21H,10H2,1-4H3,(H,22,27). The quantitative estimate of drug-likeness (QED) is 0.460. The van der Waals surface area contributed by atoms with Gasteiger partial charge in [0.2, 0.25) is 6.29 Å². The lowest BCUT2D eigenvalue weighted by atomic mass is 9.95. The molecule has 0 saturated carbocycles. The van der Waals surface area contributed by atoms with Crippen molar-refractivity contribution in [3.63, 3.8) is 0 Å². The topological polar surface area (TPSA) is 144 Å². The number of carbonyl (C=O) groups is 5. The van der Waals surface area contributed by atoms with Crippen LogP contribution in [-0.2, 0) is 42.9 Å². The first kappa shape index (κ1) is 24.8. The molecule has 0 aromatic heterocycles. The fraction of sp³-hybridized carbons (Fsp3) is 0.476. The van der Waals surface area contributed by atoms with Crippen LogP contribution in [0.3, 0.4) is 0 Å². The van der Waals surface area contributed by atoms with Crippen LogP contribution in [0.2, 0.25) is 0 Å². The zero-order chi connectivity index (χ0) is 23.8. The molecular weight excluding hydrogens is 426 g/mol. The monoisotopic (exact) mass is 451 g/mol. The largest absolute Gasteiger partial charge is 0.463 e. The fourth-order valence-corrected chi connectivity index (χ4v) is 3.14. The van der Waals surface area contributed by atoms with Crippen molar-refractivity contribution >= 4 is 29.8 Å². The molecule has 1 amide bonds. The minimum absolute atomic E-state index is 0.279. The first-order chi connectivity index (χ1) is 15.1. The van der Waals surface area contributed by atoms with Gasteiger partial charge in [0.25, 0.3) is 5.91 Å². The molecule has 0 bridgehead atoms. The zero-order valence-corrected chi connectivity index (χ0v) is 18.1. The third kappa shape index (κ3) is 7.05. The smallest absolute Gasteiger partial charge is 0.305 e. The van der Waals surface area contributed by atoms with E-state index in [9.17, 15) is 24.0 Å². The van der Waals surface area contributed by atoms with Gasteiger partial charge in [0.15, 0.2) is 12.2 Å². The van der Waals surface area contributed by atoms with Crippen molar-refractivity contribution < 1.29 is 47.7 Å². The van der Waals surface area contributed by atoms with E-state index < -0.39 is 60.4 Å². The lowest BCUT2D eigenvalue weighted by Gasteiger charge is -2.44. The van der Waals surface area contributed by atoms with Crippen LogP contribution < -0.4 is 5.32 Å². The Kier molecular flexibility index (Phi) is 8.71. The molecule has 0 spiro atoms. The first-order valence-corrected chi connectivity index (χ1v) is 9.75. The molecule has 2 rings (SSSR count). The van der Waals surface area contributed by atoms with E-state index >= 15 is 0 Å². The van der Waals surface area contributed by atoms with Gasteiger partial charge in [0.05, 0.1) is 0 Å². The minimum Gasteiger partial charge on any atom is -0.463 e. The van der Waals surface area contributed by atoms with E-state index in [0.717, 1.165) is 20.8 Å². The fourth-order valence-electron chi connectivity index (χ4n) is 3.14. The van der Waals surface area contributed by atoms with Gasteiger partial charge in [-0.25, -0.2) is 0 Å². The molecule has 1 aromatic carbocycles. The summed E-state index contributed by atoms with van der Waals surface area (Å²) in [6, 6.07) is 6.88. The minimum atomic E-state index is -1.43. The second-order valence-corrected chi connectivity index (χ2v) is 6.97. The normalized spacial score (nSPS) is 24.6. The summed E-state index contributed by atoms with van der Waals surface area (Å²) in [7, 11) is 0. The number of rotatable bonds is 7. The number of amides is 1. The molecule has 5 unspecified atom stereocenters. The molecule has 0 aliphatic carbocycles. The third-order valence-electron chi connectivity index (χ3n) is 4.32. The highest BCUT2D eigenvalue weighted by Gasteiger charge is 2.52. The summed E-state index contributed by atoms with van der Waals surface area (Å²) in [6.07, 6.45) is -5.18. The maximum absolute atomic E-state index is 12.8. The van der Waals surface area contributed by atoms with Gasteiger partial charge in [-0.1, -0.05) is 18.2 Å². The predicted octanol–water partition coefficient (Wildman–Crippen LogP) is 0.500. The van der Waals surface area contributed by atoms with Crippen LogP contribution in [0.15, 0.2) is 30.3 Å². The lowest BCUT2D eigenvalue weighted by molar-refractivity contribution is -0.270. The maximum atomic E-state index is 12.8. The molecule has 0 radical (unpaired) electrons. The van der Waals surface area contributed by atoms with Crippen LogP contribution in [0.4, 0.5) is 0 Å². The van der Waals surface area contributed by atoms with Gasteiger partial charge in [-0.05, 0) is 12.1 Å². The number of hydrogen-bond donors (Lipinski definition) is 1. The van der Waals surface area contributed by atoms with Crippen molar-refractivity contribution in [1.82, 2.24) is 5.32 Å². The Hall–Kier alpha value is -3.47. The molecule has 11 nitrogen and oxygen atoms in total. The van der Waals surface area contributed by atoms with Gasteiger partial charge >= 0.3 is 23.9 Å². The van der Waals surface area contributed by atoms with Crippen LogP contribution in [0.5, 0.6) is 0 Å². The molecule has 1 aromatic rings. The molecule has 32 heavy (non-hydrogen) atoms. The van der Waals surface area contributed by atoms with Crippen LogP contribution >= 0.6 is 0 Å². The third-order valence-corrected chi connectivity index (χ3v) is 4.32. The number of carbonyl (C=O) groups excluding carboxylic acids is 5. The van der Waals surface area contributed by atoms with Gasteiger partial charge in [-0.3, -0.25) is 24.0 Å². The molecule has 1 aliphatic rings. The highest BCUT2D eigenvalue weighted by Crippen LogP contribution is 2.28. The number of ether oxygens (including phenoxy) is 5. The molecule has 1 saturated heterocycles. The Bertz CT molecular complexity index is 855. The molecule has 174 valence electrons. The SMILES string of the molecule is CC(=O)OCC1OC(OC(C)=O)C(NC(=O)c2ccccc2)C(OC(C)=O)C1OC(C)=O. The summed E-state index contributed by atoms with van der Waals surface area (Å²) in [5, 5.41) is 2.62. The van der Waals surface area contributed by atoms with E-state index in [2.05, 4.69) is 5.32 Å². The zero-order valence-electron chi connectivity index (χ0n) is 18.1. The molecule has 1 heterocycles. The van der Waals surface area contributed by atoms with Gasteiger partial charge < -0.3 is 29.0 Å². The average molecular weight is 451 g/mol. The summed E-state index contributed by atoms with van der Waals surface area (Å²) in [5.41, 5.74) is 0.279. The predicted molar refractivity (Wildman–Crippen MR) is 106 cm³/mol. The highest BCUT2D eigenvalue weighted by molar-refractivity contribution is 5.94. The first-order valence-electron chi connectivity index (χ1n) is 9.75. The number of esters is 4. The molecule has 5 atom stereocenters. The second-order valence-electron chi connectivity index (χ2n) is 6.97. The highest BCUT2D eigenvalue weighted by atomic mass is 16.7. The van der Waals surface area contributed by atoms with Gasteiger partial charge in [-0.15, -0.1) is 0 Å². The van der Waals surface area contributed by atoms with E-state index in [1.54, 1.807) is 30.3 Å². The van der Waals surface area contributed by atoms with E-state index in [1.807, 2.05) is 0 Å². The van der Waals surface area contributed by atoms with Crippen LogP contribution in [0.1, 0.15) is 38.1 Å². The Morgan fingerprint density at radius 2 is 1.38 bits per heavy atom. The van der Waals surface area contributed by atoms with E-state index in [0.29, 0.717) is 0 Å². The van der Waals surface area contributed by atoms with Crippen molar-refractivity contribution in [2.75, 3.05) is 6.61 Å². The number of hydrogen-bond acceptors (Lipinski definition) is 10. The number of nitrogens with one attached hydrogen (secondary N) is 1. The van der Waals surface area contributed by atoms with E-state index in [4.69, 9.17) is 23.7 Å². The van der Waals surface area contributed by atoms with Gasteiger partial charge in [0.1, 0.15) is 18.8 Å². The molecule has 11 heteroatoms. The maximum Gasteiger partial charge on any atom is 0.305 e. The summed E-state index contributed by atoms with van der Waals surface area (Å²) in [6.45, 7) is 4.16. The summed E-state index contributed by atoms with van der Waals surface area (Å²) >= 11 is 0. The summed E-state index contributed by atoms with van der Waals surface area (Å²) in [4.78, 5) is 59.3. The Balaban J connectivity index is 2.44. The van der Waals surface area contributed by atoms with Crippen molar-refractivity contribution in [3.8, 4) is 0 Å². The molecule has 1 N–H and O–H groups in total. The summed E-state index contributed by atoms with van der Waals surface area (Å²) in [5.74, 6) is -3.44. The lowest BCUT2D eigenvalue weighted by Crippen LogP contribution is -2.67. The van der Waals surface area contributed by atoms with Crippen LogP contribution in [0, 0.1) is 0 Å². The number of benzene rings is 1. The van der Waals surface area contributed by atoms with Crippen molar-refractivity contribution in [3.05, 3.63) is 35.9 Å². The van der Waals surface area contributed by atoms with E-state index in [-0.39, 0.29) is 12.2 Å². The van der Waals surface area contributed by atoms with Gasteiger partial charge in [-0.2, -0.15) is 0 Å². The van der Waals surface area contributed by atoms with Crippen LogP contribution in [-0.4, -0.2) is 67.0 Å². The van der Waals surface area contributed by atoms with Gasteiger partial charge in [0, 0.05) is 33.3 Å². The molecule has 1 aliphatic heterocycles. The Morgan fingerprint density at radius 1 is 0.812 bits per heavy atom. The van der Waals surface area contributed by atoms with Crippen molar-refractivity contribution in [2.45, 2.75) is 58.3 Å². The second kappa shape index (κ2) is 11.2. The van der Waals surface area contributed by atoms with Crippen LogP contribution in [0.25, 0.3) is 0 Å².